The largest absolute Gasteiger partial charge is 0.364 e. The van der Waals surface area contributed by atoms with E-state index in [0.717, 1.165) is 18.5 Å². The normalized spacial score (nSPS) is 31.5. The summed E-state index contributed by atoms with van der Waals surface area (Å²) in [7, 11) is 0. The molecule has 0 radical (unpaired) electrons. The second-order valence-corrected chi connectivity index (χ2v) is 6.24. The molecular formula is C14H18Cl2N2. The quantitative estimate of drug-likeness (QED) is 0.849. The van der Waals surface area contributed by atoms with Gasteiger partial charge in [0.05, 0.1) is 15.7 Å². The molecule has 2 bridgehead atoms. The highest BCUT2D eigenvalue weighted by Gasteiger charge is 2.37. The molecule has 0 aliphatic carbocycles. The first-order chi connectivity index (χ1) is 8.66. The second-order valence-electron chi connectivity index (χ2n) is 5.45. The van der Waals surface area contributed by atoms with Crippen molar-refractivity contribution in [2.24, 2.45) is 5.73 Å². The standard InChI is InChI=1S/C14H18Cl2N2/c15-12-5-2-6-13(14(12)16)18-10-3-1-4-11(18)8-9(17)7-10/h2,5-6,9-11H,1,3-4,7-8,17H2. The van der Waals surface area contributed by atoms with E-state index < -0.39 is 0 Å². The van der Waals surface area contributed by atoms with Gasteiger partial charge < -0.3 is 10.6 Å². The van der Waals surface area contributed by atoms with Gasteiger partial charge in [0.1, 0.15) is 0 Å². The Bertz CT molecular complexity index is 435. The Morgan fingerprint density at radius 3 is 2.44 bits per heavy atom. The van der Waals surface area contributed by atoms with Crippen LogP contribution in [0.4, 0.5) is 5.69 Å². The van der Waals surface area contributed by atoms with Gasteiger partial charge in [0, 0.05) is 18.1 Å². The fraction of sp³-hybridized carbons (Fsp3) is 0.571. The van der Waals surface area contributed by atoms with Gasteiger partial charge in [-0.25, -0.2) is 0 Å². The number of benzene rings is 1. The average molecular weight is 285 g/mol. The van der Waals surface area contributed by atoms with Gasteiger partial charge >= 0.3 is 0 Å². The zero-order chi connectivity index (χ0) is 12.7. The molecule has 0 aromatic heterocycles. The van der Waals surface area contributed by atoms with Crippen LogP contribution in [0, 0.1) is 0 Å². The summed E-state index contributed by atoms with van der Waals surface area (Å²) in [5.74, 6) is 0. The van der Waals surface area contributed by atoms with Crippen molar-refractivity contribution in [3.05, 3.63) is 28.2 Å². The monoisotopic (exact) mass is 284 g/mol. The highest BCUT2D eigenvalue weighted by atomic mass is 35.5. The number of rotatable bonds is 1. The summed E-state index contributed by atoms with van der Waals surface area (Å²) >= 11 is 12.5. The Labute approximate surface area is 118 Å². The molecule has 0 saturated carbocycles. The SMILES string of the molecule is NC1CC2CCCC(C1)N2c1cccc(Cl)c1Cl. The maximum atomic E-state index is 6.37. The summed E-state index contributed by atoms with van der Waals surface area (Å²) in [6, 6.07) is 7.31. The molecule has 2 N–H and O–H groups in total. The lowest BCUT2D eigenvalue weighted by Gasteiger charge is -2.50. The fourth-order valence-corrected chi connectivity index (χ4v) is 3.90. The van der Waals surface area contributed by atoms with E-state index in [4.69, 9.17) is 28.9 Å². The summed E-state index contributed by atoms with van der Waals surface area (Å²) in [5, 5.41) is 1.33. The molecule has 0 spiro atoms. The highest BCUT2D eigenvalue weighted by Crippen LogP contribution is 2.42. The van der Waals surface area contributed by atoms with Crippen molar-refractivity contribution >= 4 is 28.9 Å². The molecule has 1 aromatic carbocycles. The summed E-state index contributed by atoms with van der Waals surface area (Å²) in [6.07, 6.45) is 5.87. The Kier molecular flexibility index (Phi) is 3.44. The van der Waals surface area contributed by atoms with E-state index in [9.17, 15) is 0 Å². The molecule has 2 fully saturated rings. The number of hydrogen-bond donors (Lipinski definition) is 1. The number of nitrogens with zero attached hydrogens (tertiary/aromatic N) is 1. The molecule has 2 saturated heterocycles. The lowest BCUT2D eigenvalue weighted by molar-refractivity contribution is 0.271. The van der Waals surface area contributed by atoms with Crippen LogP contribution in [0.2, 0.25) is 10.0 Å². The Morgan fingerprint density at radius 2 is 1.78 bits per heavy atom. The molecule has 3 rings (SSSR count). The van der Waals surface area contributed by atoms with E-state index in [-0.39, 0.29) is 0 Å². The van der Waals surface area contributed by atoms with Crippen LogP contribution in [-0.4, -0.2) is 18.1 Å². The minimum absolute atomic E-state index is 0.342. The van der Waals surface area contributed by atoms with E-state index in [0.29, 0.717) is 28.2 Å². The summed E-state index contributed by atoms with van der Waals surface area (Å²) in [5.41, 5.74) is 7.24. The summed E-state index contributed by atoms with van der Waals surface area (Å²) < 4.78 is 0. The van der Waals surface area contributed by atoms with Crippen LogP contribution in [-0.2, 0) is 0 Å². The molecule has 4 heteroatoms. The zero-order valence-electron chi connectivity index (χ0n) is 10.3. The number of nitrogens with two attached hydrogens (primary N) is 1. The number of fused-ring (bicyclic) bond motifs is 2. The van der Waals surface area contributed by atoms with Crippen LogP contribution >= 0.6 is 23.2 Å². The highest BCUT2D eigenvalue weighted by molar-refractivity contribution is 6.43. The average Bonchev–Trinajstić information content (AvgIpc) is 2.32. The van der Waals surface area contributed by atoms with E-state index in [1.807, 2.05) is 12.1 Å². The molecular weight excluding hydrogens is 267 g/mol. The van der Waals surface area contributed by atoms with Crippen molar-refractivity contribution in [3.8, 4) is 0 Å². The Balaban J connectivity index is 1.98. The topological polar surface area (TPSA) is 29.3 Å². The second kappa shape index (κ2) is 4.92. The zero-order valence-corrected chi connectivity index (χ0v) is 11.8. The molecule has 0 amide bonds. The van der Waals surface area contributed by atoms with Crippen molar-refractivity contribution in [3.63, 3.8) is 0 Å². The first kappa shape index (κ1) is 12.6. The number of anilines is 1. The number of piperidine rings is 2. The van der Waals surface area contributed by atoms with Gasteiger partial charge in [-0.05, 0) is 44.2 Å². The maximum Gasteiger partial charge on any atom is 0.0825 e. The minimum Gasteiger partial charge on any atom is -0.364 e. The minimum atomic E-state index is 0.342. The van der Waals surface area contributed by atoms with Crippen molar-refractivity contribution < 1.29 is 0 Å². The van der Waals surface area contributed by atoms with Crippen LogP contribution in [0.15, 0.2) is 18.2 Å². The molecule has 2 heterocycles. The number of halogens is 2. The van der Waals surface area contributed by atoms with Gasteiger partial charge in [-0.1, -0.05) is 29.3 Å². The van der Waals surface area contributed by atoms with Crippen molar-refractivity contribution in [1.29, 1.82) is 0 Å². The van der Waals surface area contributed by atoms with Crippen LogP contribution in [0.25, 0.3) is 0 Å². The molecule has 2 aliphatic rings. The molecule has 2 unspecified atom stereocenters. The molecule has 2 nitrogen and oxygen atoms in total. The van der Waals surface area contributed by atoms with Crippen LogP contribution in [0.1, 0.15) is 32.1 Å². The van der Waals surface area contributed by atoms with Crippen LogP contribution < -0.4 is 10.6 Å². The molecule has 2 atom stereocenters. The van der Waals surface area contributed by atoms with E-state index in [1.54, 1.807) is 0 Å². The molecule has 98 valence electrons. The van der Waals surface area contributed by atoms with Crippen molar-refractivity contribution in [2.75, 3.05) is 4.90 Å². The third-order valence-corrected chi connectivity index (χ3v) is 5.03. The van der Waals surface area contributed by atoms with Gasteiger partial charge in [0.15, 0.2) is 0 Å². The molecule has 1 aromatic rings. The first-order valence-corrected chi connectivity index (χ1v) is 7.40. The van der Waals surface area contributed by atoms with Crippen LogP contribution in [0.5, 0.6) is 0 Å². The predicted octanol–water partition coefficient (Wildman–Crippen LogP) is 3.84. The van der Waals surface area contributed by atoms with Gasteiger partial charge in [0.25, 0.3) is 0 Å². The maximum absolute atomic E-state index is 6.37. The molecule has 18 heavy (non-hydrogen) atoms. The lowest BCUT2D eigenvalue weighted by atomic mass is 9.81. The van der Waals surface area contributed by atoms with Crippen molar-refractivity contribution in [2.45, 2.75) is 50.2 Å². The third-order valence-electron chi connectivity index (χ3n) is 4.22. The summed E-state index contributed by atoms with van der Waals surface area (Å²) in [4.78, 5) is 2.47. The van der Waals surface area contributed by atoms with E-state index in [1.165, 1.54) is 19.3 Å². The van der Waals surface area contributed by atoms with Gasteiger partial charge in [-0.15, -0.1) is 0 Å². The predicted molar refractivity (Wildman–Crippen MR) is 77.6 cm³/mol. The fourth-order valence-electron chi connectivity index (χ4n) is 3.51. The number of hydrogen-bond acceptors (Lipinski definition) is 2. The summed E-state index contributed by atoms with van der Waals surface area (Å²) in [6.45, 7) is 0. The Morgan fingerprint density at radius 1 is 1.11 bits per heavy atom. The van der Waals surface area contributed by atoms with Crippen molar-refractivity contribution in [1.82, 2.24) is 0 Å². The van der Waals surface area contributed by atoms with Gasteiger partial charge in [0.2, 0.25) is 0 Å². The first-order valence-electron chi connectivity index (χ1n) is 6.64. The Hall–Kier alpha value is -0.440. The van der Waals surface area contributed by atoms with E-state index in [2.05, 4.69) is 11.0 Å². The molecule has 2 aliphatic heterocycles. The lowest BCUT2D eigenvalue weighted by Crippen LogP contribution is -2.55. The van der Waals surface area contributed by atoms with Gasteiger partial charge in [-0.3, -0.25) is 0 Å². The van der Waals surface area contributed by atoms with Gasteiger partial charge in [-0.2, -0.15) is 0 Å². The third kappa shape index (κ3) is 2.11. The van der Waals surface area contributed by atoms with E-state index >= 15 is 0 Å². The smallest absolute Gasteiger partial charge is 0.0825 e. The van der Waals surface area contributed by atoms with Crippen LogP contribution in [0.3, 0.4) is 0 Å².